The monoisotopic (exact) mass is 706 g/mol. The van der Waals surface area contributed by atoms with Crippen molar-refractivity contribution >= 4 is 66.1 Å². The van der Waals surface area contributed by atoms with E-state index in [1.165, 1.54) is 54.2 Å². The highest BCUT2D eigenvalue weighted by atomic mass is 31.2. The number of benzene rings is 10. The van der Waals surface area contributed by atoms with Crippen molar-refractivity contribution < 1.29 is 4.57 Å². The molecule has 0 heterocycles. The van der Waals surface area contributed by atoms with Crippen LogP contribution in [0.4, 0.5) is 0 Å². The highest BCUT2D eigenvalue weighted by Gasteiger charge is 2.29. The van der Waals surface area contributed by atoms with Gasteiger partial charge in [0.15, 0.2) is 7.14 Å². The lowest BCUT2D eigenvalue weighted by atomic mass is 9.86. The van der Waals surface area contributed by atoms with Crippen LogP contribution in [0.2, 0.25) is 0 Å². The van der Waals surface area contributed by atoms with E-state index in [9.17, 15) is 0 Å². The van der Waals surface area contributed by atoms with E-state index in [4.69, 9.17) is 0 Å². The maximum absolute atomic E-state index is 15.2. The molecule has 0 radical (unpaired) electrons. The molecular weight excluding hydrogens is 672 g/mol. The van der Waals surface area contributed by atoms with E-state index in [0.717, 1.165) is 38.2 Å². The molecule has 0 aliphatic carbocycles. The molecular formula is C52H35OP. The van der Waals surface area contributed by atoms with Crippen LogP contribution >= 0.6 is 7.14 Å². The average molecular weight is 707 g/mol. The van der Waals surface area contributed by atoms with Gasteiger partial charge in [0.25, 0.3) is 0 Å². The molecule has 254 valence electrons. The van der Waals surface area contributed by atoms with Gasteiger partial charge < -0.3 is 4.57 Å². The van der Waals surface area contributed by atoms with Crippen molar-refractivity contribution in [2.24, 2.45) is 0 Å². The van der Waals surface area contributed by atoms with E-state index in [2.05, 4.69) is 152 Å². The summed E-state index contributed by atoms with van der Waals surface area (Å²) in [6.45, 7) is 0. The van der Waals surface area contributed by atoms with Crippen LogP contribution in [0, 0.1) is 0 Å². The molecule has 54 heavy (non-hydrogen) atoms. The molecule has 0 bridgehead atoms. The van der Waals surface area contributed by atoms with Crippen molar-refractivity contribution in [2.45, 2.75) is 0 Å². The molecule has 0 amide bonds. The third-order valence-corrected chi connectivity index (χ3v) is 13.9. The van der Waals surface area contributed by atoms with Crippen molar-refractivity contribution in [2.75, 3.05) is 0 Å². The zero-order valence-corrected chi connectivity index (χ0v) is 30.5. The third-order valence-electron chi connectivity index (χ3n) is 10.9. The second-order valence-corrected chi connectivity index (χ2v) is 16.8. The number of hydrogen-bond acceptors (Lipinski definition) is 1. The second kappa shape index (κ2) is 13.2. The molecule has 0 N–H and O–H groups in total. The lowest BCUT2D eigenvalue weighted by molar-refractivity contribution is 0.592. The summed E-state index contributed by atoms with van der Waals surface area (Å²) >= 11 is 0. The Balaban J connectivity index is 1.24. The van der Waals surface area contributed by atoms with Crippen molar-refractivity contribution in [1.29, 1.82) is 0 Å². The van der Waals surface area contributed by atoms with Crippen LogP contribution in [0.15, 0.2) is 212 Å². The summed E-state index contributed by atoms with van der Waals surface area (Å²) in [6.07, 6.45) is 0. The Kier molecular flexibility index (Phi) is 7.83. The SMILES string of the molecule is O=P(c1ccccc1)(c1ccccc1)c1ccc(-c2cc(-c3c4ccccc4cc4ccccc34)cc(-c3c4ccccc4cc4ccccc34)c2)cc1. The molecule has 0 aromatic heterocycles. The minimum atomic E-state index is -3.11. The van der Waals surface area contributed by atoms with Crippen molar-refractivity contribution in [1.82, 2.24) is 0 Å². The molecule has 0 unspecified atom stereocenters. The minimum absolute atomic E-state index is 0.820. The molecule has 0 saturated heterocycles. The predicted molar refractivity (Wildman–Crippen MR) is 232 cm³/mol. The summed E-state index contributed by atoms with van der Waals surface area (Å²) in [4.78, 5) is 0. The fourth-order valence-electron chi connectivity index (χ4n) is 8.32. The topological polar surface area (TPSA) is 17.1 Å². The molecule has 10 rings (SSSR count). The van der Waals surface area contributed by atoms with Crippen molar-refractivity contribution in [3.8, 4) is 33.4 Å². The molecule has 0 fully saturated rings. The van der Waals surface area contributed by atoms with Gasteiger partial charge in [-0.3, -0.25) is 0 Å². The average Bonchev–Trinajstić information content (AvgIpc) is 3.25. The zero-order valence-electron chi connectivity index (χ0n) is 29.6. The summed E-state index contributed by atoms with van der Waals surface area (Å²) in [5, 5.41) is 12.3. The molecule has 10 aromatic carbocycles. The number of hydrogen-bond donors (Lipinski definition) is 0. The maximum atomic E-state index is 15.2. The van der Waals surface area contributed by atoms with Gasteiger partial charge in [-0.2, -0.15) is 0 Å². The Hall–Kier alpha value is -6.53. The van der Waals surface area contributed by atoms with Crippen LogP contribution < -0.4 is 15.9 Å². The van der Waals surface area contributed by atoms with E-state index in [-0.39, 0.29) is 0 Å². The molecule has 0 aliphatic rings. The van der Waals surface area contributed by atoms with Crippen molar-refractivity contribution in [3.63, 3.8) is 0 Å². The van der Waals surface area contributed by atoms with E-state index in [1.54, 1.807) is 0 Å². The van der Waals surface area contributed by atoms with Gasteiger partial charge in [0, 0.05) is 15.9 Å². The lowest BCUT2D eigenvalue weighted by Gasteiger charge is -2.21. The normalized spacial score (nSPS) is 11.8. The number of rotatable bonds is 6. The minimum Gasteiger partial charge on any atom is -0.309 e. The zero-order chi connectivity index (χ0) is 36.1. The Bertz CT molecular complexity index is 2770. The Morgan fingerprint density at radius 3 is 0.963 bits per heavy atom. The van der Waals surface area contributed by atoms with Gasteiger partial charge in [0.1, 0.15) is 0 Å². The summed E-state index contributed by atoms with van der Waals surface area (Å²) in [5.74, 6) is 0. The summed E-state index contributed by atoms with van der Waals surface area (Å²) in [6, 6.07) is 74.8. The smallest absolute Gasteiger partial charge is 0.171 e. The Morgan fingerprint density at radius 1 is 0.259 bits per heavy atom. The van der Waals surface area contributed by atoms with Gasteiger partial charge in [-0.05, 0) is 107 Å². The highest BCUT2D eigenvalue weighted by molar-refractivity contribution is 7.85. The summed E-state index contributed by atoms with van der Waals surface area (Å²) in [7, 11) is -3.11. The Labute approximate surface area is 315 Å². The van der Waals surface area contributed by atoms with Gasteiger partial charge in [-0.25, -0.2) is 0 Å². The van der Waals surface area contributed by atoms with Gasteiger partial charge in [-0.1, -0.05) is 182 Å². The first-order chi connectivity index (χ1) is 26.6. The molecule has 0 spiro atoms. The molecule has 0 atom stereocenters. The fourth-order valence-corrected chi connectivity index (χ4v) is 11.0. The van der Waals surface area contributed by atoms with Crippen LogP contribution in [-0.4, -0.2) is 0 Å². The van der Waals surface area contributed by atoms with Crippen LogP contribution in [0.3, 0.4) is 0 Å². The molecule has 10 aromatic rings. The van der Waals surface area contributed by atoms with E-state index < -0.39 is 7.14 Å². The summed E-state index contributed by atoms with van der Waals surface area (Å²) in [5.41, 5.74) is 6.96. The van der Waals surface area contributed by atoms with Crippen LogP contribution in [0.1, 0.15) is 0 Å². The van der Waals surface area contributed by atoms with Gasteiger partial charge in [0.2, 0.25) is 0 Å². The first kappa shape index (κ1) is 32.1. The predicted octanol–water partition coefficient (Wildman–Crippen LogP) is 12.9. The van der Waals surface area contributed by atoms with Gasteiger partial charge >= 0.3 is 0 Å². The maximum Gasteiger partial charge on any atom is 0.171 e. The first-order valence-electron chi connectivity index (χ1n) is 18.4. The van der Waals surface area contributed by atoms with Crippen LogP contribution in [0.5, 0.6) is 0 Å². The van der Waals surface area contributed by atoms with Gasteiger partial charge in [-0.15, -0.1) is 0 Å². The third kappa shape index (κ3) is 5.36. The second-order valence-electron chi connectivity index (χ2n) is 14.0. The van der Waals surface area contributed by atoms with E-state index in [0.29, 0.717) is 0 Å². The van der Waals surface area contributed by atoms with Crippen LogP contribution in [0.25, 0.3) is 76.5 Å². The van der Waals surface area contributed by atoms with Gasteiger partial charge in [0.05, 0.1) is 0 Å². The number of fused-ring (bicyclic) bond motifs is 4. The van der Waals surface area contributed by atoms with E-state index in [1.807, 2.05) is 60.7 Å². The molecule has 0 aliphatic heterocycles. The first-order valence-corrected chi connectivity index (χ1v) is 20.1. The highest BCUT2D eigenvalue weighted by Crippen LogP contribution is 2.45. The fraction of sp³-hybridized carbons (Fsp3) is 0. The molecule has 0 saturated carbocycles. The molecule has 1 nitrogen and oxygen atoms in total. The van der Waals surface area contributed by atoms with Crippen molar-refractivity contribution in [3.05, 3.63) is 212 Å². The standard InChI is InChI=1S/C52H35OP/c53-54(44-19-3-1-4-20-44,45-21-5-2-6-22-45)46-29-27-36(28-30-46)41-33-42(51-47-23-11-7-15-37(47)31-38-16-8-12-24-48(38)51)35-43(34-41)52-49-25-13-9-17-39(49)32-40-18-10-14-26-50(40)52/h1-35H. The lowest BCUT2D eigenvalue weighted by Crippen LogP contribution is -2.24. The summed E-state index contributed by atoms with van der Waals surface area (Å²) < 4.78 is 15.2. The Morgan fingerprint density at radius 2 is 0.574 bits per heavy atom. The quantitative estimate of drug-likeness (QED) is 0.124. The van der Waals surface area contributed by atoms with Crippen LogP contribution in [-0.2, 0) is 4.57 Å². The van der Waals surface area contributed by atoms with E-state index >= 15 is 4.57 Å². The largest absolute Gasteiger partial charge is 0.309 e. The molecule has 2 heteroatoms.